The first-order valence-electron chi connectivity index (χ1n) is 6.20. The van der Waals surface area contributed by atoms with Crippen LogP contribution < -0.4 is 11.1 Å². The van der Waals surface area contributed by atoms with E-state index in [4.69, 9.17) is 10.5 Å². The fraction of sp³-hybridized carbons (Fsp3) is 0.917. The van der Waals surface area contributed by atoms with E-state index in [2.05, 4.69) is 19.2 Å². The van der Waals surface area contributed by atoms with Crippen molar-refractivity contribution >= 4 is 5.91 Å². The van der Waals surface area contributed by atoms with Crippen molar-refractivity contribution < 1.29 is 9.53 Å². The minimum absolute atomic E-state index is 0.0285. The number of hydrogen-bond donors (Lipinski definition) is 2. The third-order valence-electron chi connectivity index (χ3n) is 2.88. The third kappa shape index (κ3) is 4.94. The lowest BCUT2D eigenvalue weighted by Crippen LogP contribution is -2.44. The molecular weight excluding hydrogens is 204 g/mol. The van der Waals surface area contributed by atoms with Crippen LogP contribution >= 0.6 is 0 Å². The molecule has 0 radical (unpaired) electrons. The SMILES string of the molecule is CC(C)C[C@H](N)C(=O)NCC1CCCOC1. The van der Waals surface area contributed by atoms with E-state index in [0.717, 1.165) is 32.5 Å². The largest absolute Gasteiger partial charge is 0.381 e. The van der Waals surface area contributed by atoms with Gasteiger partial charge in [-0.15, -0.1) is 0 Å². The summed E-state index contributed by atoms with van der Waals surface area (Å²) in [5, 5.41) is 2.91. The van der Waals surface area contributed by atoms with E-state index in [9.17, 15) is 4.79 Å². The van der Waals surface area contributed by atoms with Gasteiger partial charge in [-0.25, -0.2) is 0 Å². The Balaban J connectivity index is 2.17. The van der Waals surface area contributed by atoms with Crippen LogP contribution in [0.1, 0.15) is 33.1 Å². The quantitative estimate of drug-likeness (QED) is 0.735. The summed E-state index contributed by atoms with van der Waals surface area (Å²) < 4.78 is 5.36. The molecule has 0 aromatic rings. The van der Waals surface area contributed by atoms with E-state index in [0.29, 0.717) is 18.4 Å². The first-order valence-corrected chi connectivity index (χ1v) is 6.20. The average molecular weight is 228 g/mol. The van der Waals surface area contributed by atoms with Crippen LogP contribution in [0.25, 0.3) is 0 Å². The van der Waals surface area contributed by atoms with E-state index >= 15 is 0 Å². The Labute approximate surface area is 97.9 Å². The van der Waals surface area contributed by atoms with Crippen molar-refractivity contribution in [2.75, 3.05) is 19.8 Å². The number of hydrogen-bond acceptors (Lipinski definition) is 3. The molecule has 4 nitrogen and oxygen atoms in total. The lowest BCUT2D eigenvalue weighted by Gasteiger charge is -2.23. The topological polar surface area (TPSA) is 64.4 Å². The molecule has 3 N–H and O–H groups in total. The van der Waals surface area contributed by atoms with Gasteiger partial charge in [0.15, 0.2) is 0 Å². The van der Waals surface area contributed by atoms with Crippen molar-refractivity contribution in [3.8, 4) is 0 Å². The van der Waals surface area contributed by atoms with E-state index in [-0.39, 0.29) is 11.9 Å². The summed E-state index contributed by atoms with van der Waals surface area (Å²) in [4.78, 5) is 11.6. The summed E-state index contributed by atoms with van der Waals surface area (Å²) in [6.45, 7) is 6.46. The van der Waals surface area contributed by atoms with Gasteiger partial charge < -0.3 is 15.8 Å². The maximum atomic E-state index is 11.6. The van der Waals surface area contributed by atoms with Gasteiger partial charge in [-0.05, 0) is 31.1 Å². The second kappa shape index (κ2) is 6.86. The van der Waals surface area contributed by atoms with Crippen molar-refractivity contribution in [2.24, 2.45) is 17.6 Å². The maximum absolute atomic E-state index is 11.6. The predicted molar refractivity (Wildman–Crippen MR) is 64.0 cm³/mol. The van der Waals surface area contributed by atoms with Gasteiger partial charge in [0, 0.05) is 13.2 Å². The standard InChI is InChI=1S/C12H24N2O2/c1-9(2)6-11(13)12(15)14-7-10-4-3-5-16-8-10/h9-11H,3-8,13H2,1-2H3,(H,14,15)/t10?,11-/m0/s1. The number of ether oxygens (including phenoxy) is 1. The van der Waals surface area contributed by atoms with Crippen LogP contribution in [0, 0.1) is 11.8 Å². The second-order valence-electron chi connectivity index (χ2n) is 5.06. The maximum Gasteiger partial charge on any atom is 0.236 e. The summed E-state index contributed by atoms with van der Waals surface area (Å²) >= 11 is 0. The van der Waals surface area contributed by atoms with Crippen molar-refractivity contribution in [3.63, 3.8) is 0 Å². The van der Waals surface area contributed by atoms with Crippen molar-refractivity contribution in [1.29, 1.82) is 0 Å². The molecule has 0 saturated carbocycles. The fourth-order valence-corrected chi connectivity index (χ4v) is 1.96. The van der Waals surface area contributed by atoms with Crippen LogP contribution in [0.5, 0.6) is 0 Å². The van der Waals surface area contributed by atoms with E-state index in [1.807, 2.05) is 0 Å². The molecular formula is C12H24N2O2. The van der Waals surface area contributed by atoms with Crippen LogP contribution in [0.3, 0.4) is 0 Å². The molecule has 94 valence electrons. The zero-order chi connectivity index (χ0) is 12.0. The highest BCUT2D eigenvalue weighted by Gasteiger charge is 2.18. The van der Waals surface area contributed by atoms with Gasteiger partial charge in [-0.2, -0.15) is 0 Å². The first kappa shape index (κ1) is 13.5. The monoisotopic (exact) mass is 228 g/mol. The molecule has 1 rings (SSSR count). The predicted octanol–water partition coefficient (Wildman–Crippen LogP) is 0.903. The van der Waals surface area contributed by atoms with Gasteiger partial charge in [0.05, 0.1) is 12.6 Å². The van der Waals surface area contributed by atoms with E-state index in [1.165, 1.54) is 0 Å². The average Bonchev–Trinajstić information content (AvgIpc) is 2.26. The van der Waals surface area contributed by atoms with E-state index < -0.39 is 0 Å². The molecule has 1 aliphatic heterocycles. The van der Waals surface area contributed by atoms with E-state index in [1.54, 1.807) is 0 Å². The van der Waals surface area contributed by atoms with Gasteiger partial charge in [0.25, 0.3) is 0 Å². The summed E-state index contributed by atoms with van der Waals surface area (Å²) in [7, 11) is 0. The molecule has 1 heterocycles. The van der Waals surface area contributed by atoms with Crippen LogP contribution in [0.15, 0.2) is 0 Å². The summed E-state index contributed by atoms with van der Waals surface area (Å²) in [5.74, 6) is 0.891. The Morgan fingerprint density at radius 3 is 2.88 bits per heavy atom. The van der Waals surface area contributed by atoms with Crippen LogP contribution in [-0.2, 0) is 9.53 Å². The highest BCUT2D eigenvalue weighted by molar-refractivity contribution is 5.81. The lowest BCUT2D eigenvalue weighted by molar-refractivity contribution is -0.123. The third-order valence-corrected chi connectivity index (χ3v) is 2.88. The molecule has 1 aliphatic rings. The van der Waals surface area contributed by atoms with Crippen molar-refractivity contribution in [2.45, 2.75) is 39.2 Å². The van der Waals surface area contributed by atoms with Gasteiger partial charge in [-0.1, -0.05) is 13.8 Å². The molecule has 0 aromatic heterocycles. The van der Waals surface area contributed by atoms with Gasteiger partial charge >= 0.3 is 0 Å². The summed E-state index contributed by atoms with van der Waals surface area (Å²) in [6, 6.07) is -0.371. The first-order chi connectivity index (χ1) is 7.59. The van der Waals surface area contributed by atoms with Gasteiger partial charge in [0.2, 0.25) is 5.91 Å². The Kier molecular flexibility index (Phi) is 5.77. The molecule has 0 aromatic carbocycles. The summed E-state index contributed by atoms with van der Waals surface area (Å²) in [6.07, 6.45) is 2.98. The Bertz CT molecular complexity index is 213. The highest BCUT2D eigenvalue weighted by atomic mass is 16.5. The fourth-order valence-electron chi connectivity index (χ4n) is 1.96. The summed E-state index contributed by atoms with van der Waals surface area (Å²) in [5.41, 5.74) is 5.79. The van der Waals surface area contributed by atoms with Gasteiger partial charge in [0.1, 0.15) is 0 Å². The Morgan fingerprint density at radius 2 is 2.31 bits per heavy atom. The molecule has 16 heavy (non-hydrogen) atoms. The molecule has 0 spiro atoms. The molecule has 1 amide bonds. The minimum atomic E-state index is -0.371. The number of rotatable bonds is 5. The number of amides is 1. The molecule has 0 bridgehead atoms. The normalized spacial score (nSPS) is 23.1. The van der Waals surface area contributed by atoms with Gasteiger partial charge in [-0.3, -0.25) is 4.79 Å². The number of nitrogens with one attached hydrogen (secondary N) is 1. The number of carbonyl (C=O) groups excluding carboxylic acids is 1. The molecule has 0 aliphatic carbocycles. The van der Waals surface area contributed by atoms with Crippen LogP contribution in [0.2, 0.25) is 0 Å². The molecule has 1 saturated heterocycles. The minimum Gasteiger partial charge on any atom is -0.381 e. The number of nitrogens with two attached hydrogens (primary N) is 1. The molecule has 4 heteroatoms. The smallest absolute Gasteiger partial charge is 0.236 e. The Morgan fingerprint density at radius 1 is 1.56 bits per heavy atom. The zero-order valence-electron chi connectivity index (χ0n) is 10.4. The van der Waals surface area contributed by atoms with Crippen LogP contribution in [0.4, 0.5) is 0 Å². The lowest BCUT2D eigenvalue weighted by atomic mass is 10.0. The van der Waals surface area contributed by atoms with Crippen LogP contribution in [-0.4, -0.2) is 31.7 Å². The molecule has 1 fully saturated rings. The zero-order valence-corrected chi connectivity index (χ0v) is 10.4. The molecule has 2 atom stereocenters. The van der Waals surface area contributed by atoms with Crippen molar-refractivity contribution in [3.05, 3.63) is 0 Å². The Hall–Kier alpha value is -0.610. The van der Waals surface area contributed by atoms with Crippen molar-refractivity contribution in [1.82, 2.24) is 5.32 Å². The number of carbonyl (C=O) groups is 1. The molecule has 1 unspecified atom stereocenters. The second-order valence-corrected chi connectivity index (χ2v) is 5.06. The highest BCUT2D eigenvalue weighted by Crippen LogP contribution is 2.12.